The number of nitriles is 1. The molecule has 0 atom stereocenters. The maximum absolute atomic E-state index is 9.38. The van der Waals surface area contributed by atoms with Gasteiger partial charge in [0.25, 0.3) is 0 Å². The van der Waals surface area contributed by atoms with Crippen LogP contribution in [0.5, 0.6) is 0 Å². The van der Waals surface area contributed by atoms with Crippen molar-refractivity contribution in [3.8, 4) is 6.07 Å². The minimum absolute atomic E-state index is 0.546. The van der Waals surface area contributed by atoms with E-state index < -0.39 is 0 Å². The van der Waals surface area contributed by atoms with Crippen LogP contribution >= 0.6 is 27.5 Å². The van der Waals surface area contributed by atoms with Gasteiger partial charge in [-0.25, -0.2) is 0 Å². The van der Waals surface area contributed by atoms with Crippen molar-refractivity contribution in [1.29, 1.82) is 5.26 Å². The van der Waals surface area contributed by atoms with Crippen LogP contribution in [0.1, 0.15) is 11.1 Å². The van der Waals surface area contributed by atoms with Gasteiger partial charge in [-0.15, -0.1) is 0 Å². The number of hydrogen-bond donors (Lipinski definition) is 0. The lowest BCUT2D eigenvalue weighted by Gasteiger charge is -2.14. The second-order valence-corrected chi connectivity index (χ2v) is 6.02. The van der Waals surface area contributed by atoms with E-state index in [1.165, 1.54) is 0 Å². The molecule has 0 saturated heterocycles. The minimum atomic E-state index is 0.546. The van der Waals surface area contributed by atoms with E-state index in [1.807, 2.05) is 61.5 Å². The summed E-state index contributed by atoms with van der Waals surface area (Å²) in [4.78, 5) is 2.02. The zero-order valence-electron chi connectivity index (χ0n) is 11.8. The smallest absolute Gasteiger partial charge is 0.0998 e. The van der Waals surface area contributed by atoms with Crippen LogP contribution in [-0.4, -0.2) is 14.1 Å². The Bertz CT molecular complexity index is 730. The van der Waals surface area contributed by atoms with Gasteiger partial charge >= 0.3 is 0 Å². The van der Waals surface area contributed by atoms with E-state index >= 15 is 0 Å². The average molecular weight is 362 g/mol. The summed E-state index contributed by atoms with van der Waals surface area (Å²) in [7, 11) is 3.97. The fraction of sp³-hybridized carbons (Fsp3) is 0.118. The number of allylic oxidation sites excluding steroid dienone is 1. The molecule has 0 unspecified atom stereocenters. The van der Waals surface area contributed by atoms with Gasteiger partial charge in [0.15, 0.2) is 0 Å². The number of benzene rings is 2. The van der Waals surface area contributed by atoms with E-state index in [0.29, 0.717) is 10.6 Å². The third-order valence-electron chi connectivity index (χ3n) is 3.05. The number of nitrogens with zero attached hydrogens (tertiary/aromatic N) is 2. The molecule has 0 N–H and O–H groups in total. The highest BCUT2D eigenvalue weighted by molar-refractivity contribution is 9.10. The van der Waals surface area contributed by atoms with E-state index in [1.54, 1.807) is 6.07 Å². The van der Waals surface area contributed by atoms with Gasteiger partial charge < -0.3 is 4.90 Å². The third kappa shape index (κ3) is 3.66. The van der Waals surface area contributed by atoms with Gasteiger partial charge in [-0.1, -0.05) is 35.9 Å². The molecule has 0 bridgehead atoms. The van der Waals surface area contributed by atoms with Crippen molar-refractivity contribution in [3.05, 3.63) is 63.1 Å². The summed E-state index contributed by atoms with van der Waals surface area (Å²) in [5, 5.41) is 9.96. The molecule has 0 aliphatic rings. The summed E-state index contributed by atoms with van der Waals surface area (Å²) in [5.41, 5.74) is 3.33. The molecule has 21 heavy (non-hydrogen) atoms. The van der Waals surface area contributed by atoms with Crippen molar-refractivity contribution in [3.63, 3.8) is 0 Å². The fourth-order valence-corrected chi connectivity index (χ4v) is 2.98. The average Bonchev–Trinajstić information content (AvgIpc) is 2.45. The molecule has 2 aromatic carbocycles. The van der Waals surface area contributed by atoms with Gasteiger partial charge in [0, 0.05) is 29.2 Å². The highest BCUT2D eigenvalue weighted by atomic mass is 79.9. The van der Waals surface area contributed by atoms with Crippen LogP contribution in [0, 0.1) is 11.3 Å². The topological polar surface area (TPSA) is 27.0 Å². The zero-order valence-corrected chi connectivity index (χ0v) is 14.1. The molecule has 2 rings (SSSR count). The van der Waals surface area contributed by atoms with Crippen LogP contribution in [0.2, 0.25) is 5.02 Å². The Morgan fingerprint density at radius 1 is 1.24 bits per heavy atom. The first-order chi connectivity index (χ1) is 10.0. The van der Waals surface area contributed by atoms with Crippen molar-refractivity contribution in [2.45, 2.75) is 0 Å². The molecule has 0 spiro atoms. The van der Waals surface area contributed by atoms with Gasteiger partial charge in [-0.3, -0.25) is 0 Å². The number of rotatable bonds is 3. The first kappa shape index (κ1) is 15.6. The van der Waals surface area contributed by atoms with Gasteiger partial charge in [-0.2, -0.15) is 5.26 Å². The normalized spacial score (nSPS) is 11.1. The number of anilines is 1. The maximum atomic E-state index is 9.38. The molecule has 106 valence electrons. The predicted molar refractivity (Wildman–Crippen MR) is 93.4 cm³/mol. The molecule has 2 nitrogen and oxygen atoms in total. The summed E-state index contributed by atoms with van der Waals surface area (Å²) in [5.74, 6) is 0. The van der Waals surface area contributed by atoms with Gasteiger partial charge in [0.05, 0.1) is 17.3 Å². The lowest BCUT2D eigenvalue weighted by atomic mass is 10.0. The summed E-state index contributed by atoms with van der Waals surface area (Å²) < 4.78 is 0.984. The van der Waals surface area contributed by atoms with E-state index in [9.17, 15) is 5.26 Å². The summed E-state index contributed by atoms with van der Waals surface area (Å²) >= 11 is 9.70. The van der Waals surface area contributed by atoms with Crippen LogP contribution in [0.15, 0.2) is 46.9 Å². The van der Waals surface area contributed by atoms with Crippen molar-refractivity contribution in [1.82, 2.24) is 0 Å². The molecule has 0 aliphatic carbocycles. The van der Waals surface area contributed by atoms with Crippen LogP contribution < -0.4 is 4.90 Å². The third-order valence-corrected chi connectivity index (χ3v) is 4.01. The molecule has 0 heterocycles. The van der Waals surface area contributed by atoms with Crippen molar-refractivity contribution in [2.75, 3.05) is 19.0 Å². The zero-order chi connectivity index (χ0) is 15.4. The molecule has 0 saturated carbocycles. The molecule has 2 aromatic rings. The summed E-state index contributed by atoms with van der Waals surface area (Å²) in [6.45, 7) is 0. The Labute approximate surface area is 138 Å². The Morgan fingerprint density at radius 2 is 1.95 bits per heavy atom. The van der Waals surface area contributed by atoms with E-state index in [2.05, 4.69) is 22.0 Å². The molecule has 0 aromatic heterocycles. The minimum Gasteiger partial charge on any atom is -0.377 e. The van der Waals surface area contributed by atoms with Crippen molar-refractivity contribution in [2.24, 2.45) is 0 Å². The second-order valence-electron chi connectivity index (χ2n) is 4.75. The van der Waals surface area contributed by atoms with Crippen LogP contribution in [0.3, 0.4) is 0 Å². The second kappa shape index (κ2) is 6.80. The molecule has 0 aliphatic heterocycles. The largest absolute Gasteiger partial charge is 0.377 e. The fourth-order valence-electron chi connectivity index (χ4n) is 1.99. The quantitative estimate of drug-likeness (QED) is 0.552. The summed E-state index contributed by atoms with van der Waals surface area (Å²) in [6, 6.07) is 15.6. The maximum Gasteiger partial charge on any atom is 0.0998 e. The Hall–Kier alpha value is -1.76. The molecule has 0 radical (unpaired) electrons. The Balaban J connectivity index is 2.45. The standard InChI is InChI=1S/C17H14BrClN2/c1-21(2)17-8-7-12(10-15(17)18)9-13(11-20)14-5-3-4-6-16(14)19/h3-10H,1-2H3. The number of halogens is 2. The van der Waals surface area contributed by atoms with Gasteiger partial charge in [0.2, 0.25) is 0 Å². The molecule has 0 fully saturated rings. The Morgan fingerprint density at radius 3 is 2.52 bits per heavy atom. The molecule has 4 heteroatoms. The van der Waals surface area contributed by atoms with Gasteiger partial charge in [0.1, 0.15) is 0 Å². The number of hydrogen-bond acceptors (Lipinski definition) is 2. The van der Waals surface area contributed by atoms with Crippen molar-refractivity contribution >= 4 is 44.9 Å². The van der Waals surface area contributed by atoms with E-state index in [4.69, 9.17) is 11.6 Å². The first-order valence-electron chi connectivity index (χ1n) is 6.36. The predicted octanol–water partition coefficient (Wildman–Crippen LogP) is 5.23. The van der Waals surface area contributed by atoms with Crippen LogP contribution in [0.4, 0.5) is 5.69 Å². The highest BCUT2D eigenvalue weighted by Crippen LogP contribution is 2.29. The molecular formula is C17H14BrClN2. The van der Waals surface area contributed by atoms with Crippen LogP contribution in [-0.2, 0) is 0 Å². The van der Waals surface area contributed by atoms with Crippen LogP contribution in [0.25, 0.3) is 11.6 Å². The van der Waals surface area contributed by atoms with Gasteiger partial charge in [-0.05, 0) is 45.8 Å². The highest BCUT2D eigenvalue weighted by Gasteiger charge is 2.07. The lowest BCUT2D eigenvalue weighted by Crippen LogP contribution is -2.09. The molecule has 0 amide bonds. The lowest BCUT2D eigenvalue weighted by molar-refractivity contribution is 1.12. The monoisotopic (exact) mass is 360 g/mol. The van der Waals surface area contributed by atoms with E-state index in [-0.39, 0.29) is 0 Å². The van der Waals surface area contributed by atoms with E-state index in [0.717, 1.165) is 21.3 Å². The Kier molecular flexibility index (Phi) is 5.06. The SMILES string of the molecule is CN(C)c1ccc(C=C(C#N)c2ccccc2Cl)cc1Br. The van der Waals surface area contributed by atoms with Crippen molar-refractivity contribution < 1.29 is 0 Å². The molecular weight excluding hydrogens is 348 g/mol. The summed E-state index contributed by atoms with van der Waals surface area (Å²) in [6.07, 6.45) is 1.84. The first-order valence-corrected chi connectivity index (χ1v) is 7.53.